The number of hydrogen-bond donors (Lipinski definition) is 2. The first-order chi connectivity index (χ1) is 15.7. The maximum absolute atomic E-state index is 12.7. The Kier molecular flexibility index (Phi) is 9.36. The van der Waals surface area contributed by atoms with Gasteiger partial charge in [-0.3, -0.25) is 9.59 Å². The number of carbonyl (C=O) groups is 3. The van der Waals surface area contributed by atoms with Crippen molar-refractivity contribution >= 4 is 17.9 Å². The summed E-state index contributed by atoms with van der Waals surface area (Å²) in [7, 11) is 0. The number of amides is 3. The van der Waals surface area contributed by atoms with E-state index in [0.29, 0.717) is 25.9 Å². The molecule has 3 amide bonds. The van der Waals surface area contributed by atoms with Crippen molar-refractivity contribution in [3.05, 3.63) is 29.3 Å². The Morgan fingerprint density at radius 1 is 1.06 bits per heavy atom. The Labute approximate surface area is 203 Å². The Bertz CT molecular complexity index is 862. The van der Waals surface area contributed by atoms with E-state index < -0.39 is 11.7 Å². The van der Waals surface area contributed by atoms with Gasteiger partial charge in [0.25, 0.3) is 5.91 Å². The third-order valence-corrected chi connectivity index (χ3v) is 5.53. The molecule has 1 fully saturated rings. The third kappa shape index (κ3) is 9.23. The molecule has 2 rings (SSSR count). The number of likely N-dealkylation sites (tertiary alicyclic amines) is 1. The summed E-state index contributed by atoms with van der Waals surface area (Å²) < 4.78 is 11.1. The van der Waals surface area contributed by atoms with Crippen LogP contribution >= 0.6 is 0 Å². The summed E-state index contributed by atoms with van der Waals surface area (Å²) in [6, 6.07) is 6.05. The number of carbonyl (C=O) groups excluding carboxylic acids is 3. The summed E-state index contributed by atoms with van der Waals surface area (Å²) in [5, 5.41) is 5.57. The summed E-state index contributed by atoms with van der Waals surface area (Å²) in [4.78, 5) is 38.3. The first-order valence-corrected chi connectivity index (χ1v) is 12.0. The number of nitrogens with zero attached hydrogens (tertiary/aromatic N) is 1. The van der Waals surface area contributed by atoms with E-state index in [1.807, 2.05) is 19.1 Å². The fraction of sp³-hybridized carbons (Fsp3) is 0.654. The maximum Gasteiger partial charge on any atom is 0.407 e. The first kappa shape index (κ1) is 27.5. The molecule has 0 bridgehead atoms. The zero-order valence-corrected chi connectivity index (χ0v) is 21.7. The van der Waals surface area contributed by atoms with E-state index >= 15 is 0 Å². The minimum atomic E-state index is -0.572. The second-order valence-corrected chi connectivity index (χ2v) is 10.9. The topological polar surface area (TPSA) is 97.0 Å². The zero-order valence-electron chi connectivity index (χ0n) is 21.7. The highest BCUT2D eigenvalue weighted by Crippen LogP contribution is 2.32. The second-order valence-electron chi connectivity index (χ2n) is 10.9. The molecule has 8 heteroatoms. The summed E-state index contributed by atoms with van der Waals surface area (Å²) in [6.45, 7) is 15.1. The minimum absolute atomic E-state index is 0.000495. The van der Waals surface area contributed by atoms with Crippen molar-refractivity contribution in [3.63, 3.8) is 0 Å². The van der Waals surface area contributed by atoms with Gasteiger partial charge in [0, 0.05) is 32.1 Å². The lowest BCUT2D eigenvalue weighted by molar-refractivity contribution is -0.134. The highest BCUT2D eigenvalue weighted by atomic mass is 16.6. The van der Waals surface area contributed by atoms with E-state index in [4.69, 9.17) is 9.47 Å². The van der Waals surface area contributed by atoms with Crippen LogP contribution in [0.2, 0.25) is 0 Å². The molecule has 0 atom stereocenters. The molecule has 2 N–H and O–H groups in total. The monoisotopic (exact) mass is 475 g/mol. The van der Waals surface area contributed by atoms with Crippen molar-refractivity contribution in [1.82, 2.24) is 15.5 Å². The van der Waals surface area contributed by atoms with E-state index in [-0.39, 0.29) is 42.8 Å². The van der Waals surface area contributed by atoms with Crippen LogP contribution in [0.5, 0.6) is 5.75 Å². The number of rotatable bonds is 7. The summed E-state index contributed by atoms with van der Waals surface area (Å²) in [5.41, 5.74) is 1.59. The van der Waals surface area contributed by atoms with Crippen LogP contribution in [0.4, 0.5) is 4.79 Å². The predicted octanol–water partition coefficient (Wildman–Crippen LogP) is 3.69. The van der Waals surface area contributed by atoms with Crippen molar-refractivity contribution in [2.75, 3.05) is 26.2 Å². The molecule has 0 unspecified atom stereocenters. The van der Waals surface area contributed by atoms with Crippen LogP contribution in [-0.2, 0) is 19.7 Å². The van der Waals surface area contributed by atoms with E-state index in [2.05, 4.69) is 37.5 Å². The number of nitrogens with one attached hydrogen (secondary N) is 2. The molecule has 1 heterocycles. The average molecular weight is 476 g/mol. The van der Waals surface area contributed by atoms with Gasteiger partial charge < -0.3 is 25.0 Å². The molecule has 1 aromatic rings. The van der Waals surface area contributed by atoms with Crippen LogP contribution in [-0.4, -0.2) is 60.7 Å². The highest BCUT2D eigenvalue weighted by Gasteiger charge is 2.25. The smallest absolute Gasteiger partial charge is 0.407 e. The number of benzene rings is 1. The van der Waals surface area contributed by atoms with E-state index in [9.17, 15) is 14.4 Å². The largest absolute Gasteiger partial charge is 0.483 e. The lowest BCUT2D eigenvalue weighted by atomic mass is 9.85. The molecule has 0 aliphatic carbocycles. The zero-order chi connectivity index (χ0) is 25.5. The quantitative estimate of drug-likeness (QED) is 0.627. The van der Waals surface area contributed by atoms with Gasteiger partial charge in [0.05, 0.1) is 0 Å². The minimum Gasteiger partial charge on any atom is -0.483 e. The Morgan fingerprint density at radius 3 is 2.29 bits per heavy atom. The molecule has 1 aliphatic rings. The van der Waals surface area contributed by atoms with Crippen LogP contribution in [0.1, 0.15) is 71.9 Å². The Hall–Kier alpha value is -2.77. The molecule has 8 nitrogen and oxygen atoms in total. The van der Waals surface area contributed by atoms with Crippen LogP contribution in [0, 0.1) is 6.92 Å². The average Bonchev–Trinajstić information content (AvgIpc) is 2.71. The van der Waals surface area contributed by atoms with Crippen LogP contribution in [0.25, 0.3) is 0 Å². The van der Waals surface area contributed by atoms with Gasteiger partial charge in [-0.2, -0.15) is 0 Å². The third-order valence-electron chi connectivity index (χ3n) is 5.53. The van der Waals surface area contributed by atoms with Gasteiger partial charge in [0.2, 0.25) is 5.91 Å². The molecule has 1 aromatic carbocycles. The van der Waals surface area contributed by atoms with Crippen molar-refractivity contribution in [2.45, 2.75) is 84.8 Å². The lowest BCUT2D eigenvalue weighted by Gasteiger charge is -2.32. The second kappa shape index (κ2) is 11.6. The predicted molar refractivity (Wildman–Crippen MR) is 132 cm³/mol. The Morgan fingerprint density at radius 2 is 1.71 bits per heavy atom. The van der Waals surface area contributed by atoms with Crippen molar-refractivity contribution < 1.29 is 23.9 Å². The molecule has 1 saturated heterocycles. The number of piperidine rings is 1. The number of aryl methyl sites for hydroxylation is 1. The summed E-state index contributed by atoms with van der Waals surface area (Å²) in [6.07, 6.45) is 1.03. The van der Waals surface area contributed by atoms with Crippen LogP contribution in [0.15, 0.2) is 18.2 Å². The van der Waals surface area contributed by atoms with Crippen LogP contribution < -0.4 is 15.4 Å². The molecule has 0 aromatic heterocycles. The molecule has 0 radical (unpaired) electrons. The van der Waals surface area contributed by atoms with Gasteiger partial charge in [-0.05, 0) is 57.6 Å². The number of ether oxygens (including phenoxy) is 2. The molecule has 34 heavy (non-hydrogen) atoms. The van der Waals surface area contributed by atoms with Gasteiger partial charge in [-0.25, -0.2) is 4.79 Å². The normalized spacial score (nSPS) is 15.0. The molecule has 0 spiro atoms. The van der Waals surface area contributed by atoms with Gasteiger partial charge in [0.1, 0.15) is 11.4 Å². The van der Waals surface area contributed by atoms with Gasteiger partial charge in [0.15, 0.2) is 6.61 Å². The number of hydrogen-bond acceptors (Lipinski definition) is 5. The van der Waals surface area contributed by atoms with E-state index in [1.165, 1.54) is 0 Å². The molecule has 0 saturated carbocycles. The molecule has 190 valence electrons. The van der Waals surface area contributed by atoms with E-state index in [1.54, 1.807) is 25.7 Å². The SMILES string of the molecule is Cc1ccc(OCC(=O)N2CCC(NC(=O)CCNC(=O)OC(C)(C)C)CC2)c(C(C)(C)C)c1. The fourth-order valence-electron chi connectivity index (χ4n) is 3.75. The molecular formula is C26H41N3O5. The van der Waals surface area contributed by atoms with Gasteiger partial charge >= 0.3 is 6.09 Å². The molecule has 1 aliphatic heterocycles. The standard InChI is InChI=1S/C26H41N3O5/c1-18-8-9-21(20(16-18)25(2,3)4)33-17-23(31)29-14-11-19(12-15-29)28-22(30)10-13-27-24(32)34-26(5,6)7/h8-9,16,19H,10-15,17H2,1-7H3,(H,27,32)(H,28,30). The van der Waals surface area contributed by atoms with Gasteiger partial charge in [-0.1, -0.05) is 38.5 Å². The van der Waals surface area contributed by atoms with Crippen molar-refractivity contribution in [3.8, 4) is 5.75 Å². The maximum atomic E-state index is 12.7. The highest BCUT2D eigenvalue weighted by molar-refractivity contribution is 5.78. The van der Waals surface area contributed by atoms with E-state index in [0.717, 1.165) is 16.9 Å². The number of alkyl carbamates (subject to hydrolysis) is 1. The van der Waals surface area contributed by atoms with Gasteiger partial charge in [-0.15, -0.1) is 0 Å². The van der Waals surface area contributed by atoms with Crippen molar-refractivity contribution in [2.24, 2.45) is 0 Å². The summed E-state index contributed by atoms with van der Waals surface area (Å²) >= 11 is 0. The summed E-state index contributed by atoms with van der Waals surface area (Å²) in [5.74, 6) is 0.568. The Balaban J connectivity index is 1.72. The fourth-order valence-corrected chi connectivity index (χ4v) is 3.75. The lowest BCUT2D eigenvalue weighted by Crippen LogP contribution is -2.48. The van der Waals surface area contributed by atoms with Crippen LogP contribution in [0.3, 0.4) is 0 Å². The first-order valence-electron chi connectivity index (χ1n) is 12.0. The molecular weight excluding hydrogens is 434 g/mol. The van der Waals surface area contributed by atoms with Crippen molar-refractivity contribution in [1.29, 1.82) is 0 Å².